The molecule has 0 radical (unpaired) electrons. The van der Waals surface area contributed by atoms with Crippen LogP contribution in [0.2, 0.25) is 0 Å². The number of benzene rings is 1. The number of rotatable bonds is 11. The number of carbonyl (C=O) groups excluding carboxylic acids is 3. The van der Waals surface area contributed by atoms with Gasteiger partial charge in [0.2, 0.25) is 5.91 Å². The van der Waals surface area contributed by atoms with Gasteiger partial charge in [-0.25, -0.2) is 0 Å². The fourth-order valence-electron chi connectivity index (χ4n) is 4.24. The minimum Gasteiger partial charge on any atom is -0.394 e. The standard InChI is InChI=1S/C26H33N3O4/c30-18-23(26(33)28-16-5-4-9-19-7-2-1-3-8-19)29-25(32)21-13-11-20(12-14-21)24(31)22-10-6-15-27-17-22/h6,10-15,17,19,23,30H,1-5,7-9,16,18H2,(H,28,33)(H,29,32)/t23-/m0/s1. The number of amides is 2. The van der Waals surface area contributed by atoms with Crippen molar-refractivity contribution >= 4 is 17.6 Å². The van der Waals surface area contributed by atoms with Crippen LogP contribution in [0.1, 0.15) is 77.6 Å². The Morgan fingerprint density at radius 3 is 2.36 bits per heavy atom. The molecule has 0 aliphatic heterocycles. The zero-order chi connectivity index (χ0) is 23.5. The molecule has 0 bridgehead atoms. The van der Waals surface area contributed by atoms with Crippen molar-refractivity contribution in [2.75, 3.05) is 13.2 Å². The van der Waals surface area contributed by atoms with E-state index in [-0.39, 0.29) is 5.78 Å². The number of pyridine rings is 1. The normalized spacial score (nSPS) is 14.9. The number of aromatic nitrogens is 1. The zero-order valence-electron chi connectivity index (χ0n) is 19.0. The number of unbranched alkanes of at least 4 members (excludes halogenated alkanes) is 1. The fourth-order valence-corrected chi connectivity index (χ4v) is 4.24. The molecule has 7 nitrogen and oxygen atoms in total. The highest BCUT2D eigenvalue weighted by molar-refractivity contribution is 6.09. The van der Waals surface area contributed by atoms with Crippen LogP contribution in [-0.4, -0.2) is 46.9 Å². The van der Waals surface area contributed by atoms with Crippen molar-refractivity contribution < 1.29 is 19.5 Å². The summed E-state index contributed by atoms with van der Waals surface area (Å²) in [5.41, 5.74) is 1.20. The monoisotopic (exact) mass is 451 g/mol. The second-order valence-electron chi connectivity index (χ2n) is 8.65. The van der Waals surface area contributed by atoms with Gasteiger partial charge in [0.05, 0.1) is 6.61 Å². The first-order valence-corrected chi connectivity index (χ1v) is 11.8. The Bertz CT molecular complexity index is 909. The Morgan fingerprint density at radius 1 is 0.970 bits per heavy atom. The summed E-state index contributed by atoms with van der Waals surface area (Å²) in [6.45, 7) is 0.0420. The van der Waals surface area contributed by atoms with Gasteiger partial charge in [-0.15, -0.1) is 0 Å². The summed E-state index contributed by atoms with van der Waals surface area (Å²) in [6.07, 6.45) is 12.9. The third-order valence-electron chi connectivity index (χ3n) is 6.20. The Hall–Kier alpha value is -3.06. The van der Waals surface area contributed by atoms with E-state index in [1.807, 2.05) is 0 Å². The predicted octanol–water partition coefficient (Wildman–Crippen LogP) is 3.27. The van der Waals surface area contributed by atoms with Gasteiger partial charge in [0, 0.05) is 35.6 Å². The molecule has 1 fully saturated rings. The molecule has 1 atom stereocenters. The van der Waals surface area contributed by atoms with E-state index in [0.717, 1.165) is 18.8 Å². The van der Waals surface area contributed by atoms with Gasteiger partial charge in [0.15, 0.2) is 5.78 Å². The molecule has 3 rings (SSSR count). The van der Waals surface area contributed by atoms with Crippen molar-refractivity contribution in [3.63, 3.8) is 0 Å². The number of hydrogen-bond acceptors (Lipinski definition) is 5. The summed E-state index contributed by atoms with van der Waals surface area (Å²) < 4.78 is 0. The van der Waals surface area contributed by atoms with E-state index in [1.54, 1.807) is 30.5 Å². The van der Waals surface area contributed by atoms with Gasteiger partial charge in [-0.3, -0.25) is 19.4 Å². The molecule has 176 valence electrons. The minimum absolute atomic E-state index is 0.189. The first-order chi connectivity index (χ1) is 16.1. The van der Waals surface area contributed by atoms with Crippen LogP contribution in [0.3, 0.4) is 0 Å². The van der Waals surface area contributed by atoms with E-state index in [1.165, 1.54) is 56.9 Å². The smallest absolute Gasteiger partial charge is 0.251 e. The van der Waals surface area contributed by atoms with Crippen molar-refractivity contribution in [1.29, 1.82) is 0 Å². The van der Waals surface area contributed by atoms with Gasteiger partial charge in [0.25, 0.3) is 5.91 Å². The molecule has 0 spiro atoms. The van der Waals surface area contributed by atoms with Gasteiger partial charge in [-0.2, -0.15) is 0 Å². The molecule has 1 aliphatic carbocycles. The summed E-state index contributed by atoms with van der Waals surface area (Å²) in [6, 6.07) is 8.51. The molecule has 2 aromatic rings. The van der Waals surface area contributed by atoms with Crippen LogP contribution >= 0.6 is 0 Å². The largest absolute Gasteiger partial charge is 0.394 e. The molecule has 0 unspecified atom stereocenters. The number of carbonyl (C=O) groups is 3. The van der Waals surface area contributed by atoms with Crippen molar-refractivity contribution in [3.05, 3.63) is 65.5 Å². The van der Waals surface area contributed by atoms with Gasteiger partial charge in [-0.1, -0.05) is 57.1 Å². The fraction of sp³-hybridized carbons (Fsp3) is 0.462. The van der Waals surface area contributed by atoms with Crippen LogP contribution in [0, 0.1) is 5.92 Å². The summed E-state index contributed by atoms with van der Waals surface area (Å²) in [4.78, 5) is 41.3. The maximum atomic E-state index is 12.5. The topological polar surface area (TPSA) is 108 Å². The van der Waals surface area contributed by atoms with E-state index < -0.39 is 24.5 Å². The van der Waals surface area contributed by atoms with Crippen LogP contribution in [0.4, 0.5) is 0 Å². The van der Waals surface area contributed by atoms with Gasteiger partial charge < -0.3 is 15.7 Å². The first-order valence-electron chi connectivity index (χ1n) is 11.8. The third-order valence-corrected chi connectivity index (χ3v) is 6.20. The van der Waals surface area contributed by atoms with Gasteiger partial charge >= 0.3 is 0 Å². The van der Waals surface area contributed by atoms with Crippen molar-refractivity contribution in [2.45, 2.75) is 57.4 Å². The Morgan fingerprint density at radius 2 is 1.70 bits per heavy atom. The zero-order valence-corrected chi connectivity index (χ0v) is 19.0. The van der Waals surface area contributed by atoms with Crippen LogP contribution < -0.4 is 10.6 Å². The summed E-state index contributed by atoms with van der Waals surface area (Å²) in [7, 11) is 0. The quantitative estimate of drug-likeness (QED) is 0.359. The lowest BCUT2D eigenvalue weighted by atomic mass is 9.86. The van der Waals surface area contributed by atoms with E-state index in [4.69, 9.17) is 0 Å². The molecular weight excluding hydrogens is 418 g/mol. The Balaban J connectivity index is 1.43. The van der Waals surface area contributed by atoms with Crippen LogP contribution in [0.5, 0.6) is 0 Å². The van der Waals surface area contributed by atoms with Gasteiger partial charge in [0.1, 0.15) is 6.04 Å². The Kier molecular flexibility index (Phi) is 9.57. The lowest BCUT2D eigenvalue weighted by molar-refractivity contribution is -0.123. The number of hydrogen-bond donors (Lipinski definition) is 3. The molecular formula is C26H33N3O4. The number of aliphatic hydroxyl groups excluding tert-OH is 1. The molecule has 0 saturated heterocycles. The predicted molar refractivity (Wildman–Crippen MR) is 126 cm³/mol. The average Bonchev–Trinajstić information content (AvgIpc) is 2.87. The first kappa shape index (κ1) is 24.6. The number of ketones is 1. The van der Waals surface area contributed by atoms with Gasteiger partial charge in [-0.05, 0) is 36.6 Å². The second kappa shape index (κ2) is 12.8. The molecule has 1 heterocycles. The molecule has 1 aromatic heterocycles. The number of nitrogens with one attached hydrogen (secondary N) is 2. The Labute approximate surface area is 195 Å². The SMILES string of the molecule is O=C(N[C@@H](CO)C(=O)NCCCCC1CCCCC1)c1ccc(C(=O)c2cccnc2)cc1. The molecule has 3 N–H and O–H groups in total. The molecule has 1 aromatic carbocycles. The summed E-state index contributed by atoms with van der Waals surface area (Å²) >= 11 is 0. The van der Waals surface area contributed by atoms with Crippen molar-refractivity contribution in [3.8, 4) is 0 Å². The van der Waals surface area contributed by atoms with E-state index in [9.17, 15) is 19.5 Å². The summed E-state index contributed by atoms with van der Waals surface area (Å²) in [5, 5.41) is 14.9. The third kappa shape index (κ3) is 7.49. The molecule has 7 heteroatoms. The molecule has 2 amide bonds. The maximum Gasteiger partial charge on any atom is 0.251 e. The lowest BCUT2D eigenvalue weighted by Crippen LogP contribution is -2.49. The number of aliphatic hydroxyl groups is 1. The molecule has 1 saturated carbocycles. The maximum absolute atomic E-state index is 12.5. The van der Waals surface area contributed by atoms with Crippen LogP contribution in [0.15, 0.2) is 48.8 Å². The highest BCUT2D eigenvalue weighted by atomic mass is 16.3. The van der Waals surface area contributed by atoms with Crippen LogP contribution in [0.25, 0.3) is 0 Å². The molecule has 1 aliphatic rings. The highest BCUT2D eigenvalue weighted by Crippen LogP contribution is 2.27. The number of nitrogens with zero attached hydrogens (tertiary/aromatic N) is 1. The van der Waals surface area contributed by atoms with E-state index in [0.29, 0.717) is 23.2 Å². The molecule has 33 heavy (non-hydrogen) atoms. The van der Waals surface area contributed by atoms with E-state index in [2.05, 4.69) is 15.6 Å². The average molecular weight is 452 g/mol. The minimum atomic E-state index is -1.02. The van der Waals surface area contributed by atoms with E-state index >= 15 is 0 Å². The summed E-state index contributed by atoms with van der Waals surface area (Å²) in [5.74, 6) is -0.245. The van der Waals surface area contributed by atoms with Crippen LogP contribution in [-0.2, 0) is 4.79 Å². The second-order valence-corrected chi connectivity index (χ2v) is 8.65. The van der Waals surface area contributed by atoms with Crippen molar-refractivity contribution in [1.82, 2.24) is 15.6 Å². The van der Waals surface area contributed by atoms with Crippen molar-refractivity contribution in [2.24, 2.45) is 5.92 Å². The highest BCUT2D eigenvalue weighted by Gasteiger charge is 2.21. The lowest BCUT2D eigenvalue weighted by Gasteiger charge is -2.21.